The number of pyridine rings is 1. The van der Waals surface area contributed by atoms with Crippen LogP contribution in [0.3, 0.4) is 0 Å². The first-order valence-corrected chi connectivity index (χ1v) is 6.42. The van der Waals surface area contributed by atoms with Crippen LogP contribution in [0.5, 0.6) is 5.75 Å². The summed E-state index contributed by atoms with van der Waals surface area (Å²) in [4.78, 5) is 4.31. The molecular weight excluding hydrogens is 214 g/mol. The maximum Gasteiger partial charge on any atom is 0.168 e. The van der Waals surface area contributed by atoms with E-state index in [9.17, 15) is 0 Å². The summed E-state index contributed by atoms with van der Waals surface area (Å²) in [6, 6.07) is 3.85. The molecule has 1 aliphatic heterocycles. The van der Waals surface area contributed by atoms with Crippen molar-refractivity contribution in [1.29, 1.82) is 0 Å². The Morgan fingerprint density at radius 1 is 1.59 bits per heavy atom. The molecule has 0 spiro atoms. The van der Waals surface area contributed by atoms with Gasteiger partial charge in [0.25, 0.3) is 0 Å². The molecule has 1 atom stereocenters. The van der Waals surface area contributed by atoms with E-state index in [1.54, 1.807) is 6.20 Å². The van der Waals surface area contributed by atoms with Crippen molar-refractivity contribution >= 4 is 5.82 Å². The molecule has 1 fully saturated rings. The van der Waals surface area contributed by atoms with Gasteiger partial charge in [0, 0.05) is 12.7 Å². The lowest BCUT2D eigenvalue weighted by Crippen LogP contribution is -2.13. The first kappa shape index (κ1) is 12.2. The molecule has 0 saturated carbocycles. The Labute approximate surface area is 103 Å². The van der Waals surface area contributed by atoms with Crippen LogP contribution < -0.4 is 15.4 Å². The van der Waals surface area contributed by atoms with Crippen LogP contribution in [0, 0.1) is 5.92 Å². The van der Waals surface area contributed by atoms with E-state index in [2.05, 4.69) is 15.6 Å². The van der Waals surface area contributed by atoms with Gasteiger partial charge >= 0.3 is 0 Å². The Kier molecular flexibility index (Phi) is 4.62. The normalized spacial score (nSPS) is 19.2. The zero-order chi connectivity index (χ0) is 11.9. The Morgan fingerprint density at radius 3 is 3.29 bits per heavy atom. The highest BCUT2D eigenvalue weighted by molar-refractivity contribution is 5.49. The molecule has 1 saturated heterocycles. The van der Waals surface area contributed by atoms with Crippen molar-refractivity contribution in [1.82, 2.24) is 10.3 Å². The van der Waals surface area contributed by atoms with E-state index in [1.807, 2.05) is 19.1 Å². The molecule has 94 valence electrons. The minimum Gasteiger partial charge on any atom is -0.490 e. The predicted octanol–water partition coefficient (Wildman–Crippen LogP) is 1.89. The molecular formula is C13H21N3O. The quantitative estimate of drug-likeness (QED) is 0.790. The van der Waals surface area contributed by atoms with Gasteiger partial charge in [-0.05, 0) is 50.9 Å². The third-order valence-corrected chi connectivity index (χ3v) is 3.08. The summed E-state index contributed by atoms with van der Waals surface area (Å²) in [6.45, 7) is 5.94. The van der Waals surface area contributed by atoms with Crippen molar-refractivity contribution in [2.75, 3.05) is 31.6 Å². The Bertz CT molecular complexity index is 337. The number of hydrogen-bond donors (Lipinski definition) is 2. The lowest BCUT2D eigenvalue weighted by Gasteiger charge is -2.12. The van der Waals surface area contributed by atoms with E-state index < -0.39 is 0 Å². The first-order chi connectivity index (χ1) is 8.40. The minimum atomic E-state index is 0.674. The van der Waals surface area contributed by atoms with Crippen LogP contribution in [0.15, 0.2) is 18.3 Å². The molecule has 2 heterocycles. The van der Waals surface area contributed by atoms with Gasteiger partial charge in [-0.25, -0.2) is 4.98 Å². The molecule has 1 aromatic rings. The van der Waals surface area contributed by atoms with Crippen molar-refractivity contribution in [2.24, 2.45) is 5.92 Å². The van der Waals surface area contributed by atoms with E-state index >= 15 is 0 Å². The zero-order valence-electron chi connectivity index (χ0n) is 10.4. The zero-order valence-corrected chi connectivity index (χ0v) is 10.4. The number of aromatic nitrogens is 1. The number of nitrogens with one attached hydrogen (secondary N) is 2. The third-order valence-electron chi connectivity index (χ3n) is 3.08. The molecule has 2 rings (SSSR count). The SMILES string of the molecule is CCOc1cccnc1NCCC1CCNC1. The van der Waals surface area contributed by atoms with E-state index in [4.69, 9.17) is 4.74 Å². The summed E-state index contributed by atoms with van der Waals surface area (Å²) < 4.78 is 5.52. The van der Waals surface area contributed by atoms with Crippen molar-refractivity contribution in [3.8, 4) is 5.75 Å². The topological polar surface area (TPSA) is 46.2 Å². The predicted molar refractivity (Wildman–Crippen MR) is 69.5 cm³/mol. The molecule has 1 unspecified atom stereocenters. The van der Waals surface area contributed by atoms with E-state index in [0.29, 0.717) is 6.61 Å². The first-order valence-electron chi connectivity index (χ1n) is 6.42. The summed E-state index contributed by atoms with van der Waals surface area (Å²) in [5.74, 6) is 2.52. The Balaban J connectivity index is 1.80. The standard InChI is InChI=1S/C13H21N3O/c1-2-17-12-4-3-7-15-13(12)16-9-6-11-5-8-14-10-11/h3-4,7,11,14H,2,5-6,8-10H2,1H3,(H,15,16). The summed E-state index contributed by atoms with van der Waals surface area (Å²) in [5.41, 5.74) is 0. The molecule has 4 heteroatoms. The highest BCUT2D eigenvalue weighted by Gasteiger charge is 2.13. The van der Waals surface area contributed by atoms with Crippen LogP contribution in [-0.2, 0) is 0 Å². The summed E-state index contributed by atoms with van der Waals surface area (Å²) in [5, 5.41) is 6.75. The molecule has 4 nitrogen and oxygen atoms in total. The fraction of sp³-hybridized carbons (Fsp3) is 0.615. The molecule has 0 aromatic carbocycles. The van der Waals surface area contributed by atoms with Crippen molar-refractivity contribution < 1.29 is 4.74 Å². The number of ether oxygens (including phenoxy) is 1. The molecule has 1 aliphatic rings. The molecule has 0 radical (unpaired) electrons. The second-order valence-corrected chi connectivity index (χ2v) is 4.36. The average Bonchev–Trinajstić information content (AvgIpc) is 2.85. The van der Waals surface area contributed by atoms with Gasteiger partial charge in [-0.15, -0.1) is 0 Å². The average molecular weight is 235 g/mol. The van der Waals surface area contributed by atoms with Crippen LogP contribution in [0.1, 0.15) is 19.8 Å². The largest absolute Gasteiger partial charge is 0.490 e. The highest BCUT2D eigenvalue weighted by Crippen LogP contribution is 2.21. The van der Waals surface area contributed by atoms with E-state index in [1.165, 1.54) is 19.4 Å². The molecule has 0 bridgehead atoms. The smallest absolute Gasteiger partial charge is 0.168 e. The second-order valence-electron chi connectivity index (χ2n) is 4.36. The number of hydrogen-bond acceptors (Lipinski definition) is 4. The van der Waals surface area contributed by atoms with E-state index in [0.717, 1.165) is 30.6 Å². The van der Waals surface area contributed by atoms with Crippen LogP contribution >= 0.6 is 0 Å². The molecule has 0 amide bonds. The van der Waals surface area contributed by atoms with Gasteiger partial charge in [-0.1, -0.05) is 0 Å². The van der Waals surface area contributed by atoms with Gasteiger partial charge in [0.2, 0.25) is 0 Å². The second kappa shape index (κ2) is 6.45. The maximum atomic E-state index is 5.52. The monoisotopic (exact) mass is 235 g/mol. The molecule has 1 aromatic heterocycles. The maximum absolute atomic E-state index is 5.52. The fourth-order valence-electron chi connectivity index (χ4n) is 2.15. The van der Waals surface area contributed by atoms with Crippen LogP contribution in [0.4, 0.5) is 5.82 Å². The lowest BCUT2D eigenvalue weighted by atomic mass is 10.1. The van der Waals surface area contributed by atoms with Crippen molar-refractivity contribution in [3.05, 3.63) is 18.3 Å². The van der Waals surface area contributed by atoms with Crippen molar-refractivity contribution in [3.63, 3.8) is 0 Å². The van der Waals surface area contributed by atoms with Gasteiger partial charge in [0.15, 0.2) is 11.6 Å². The highest BCUT2D eigenvalue weighted by atomic mass is 16.5. The summed E-state index contributed by atoms with van der Waals surface area (Å²) >= 11 is 0. The lowest BCUT2D eigenvalue weighted by molar-refractivity contribution is 0.340. The number of anilines is 1. The summed E-state index contributed by atoms with van der Waals surface area (Å²) in [7, 11) is 0. The van der Waals surface area contributed by atoms with Crippen LogP contribution in [0.25, 0.3) is 0 Å². The van der Waals surface area contributed by atoms with Gasteiger partial charge in [0.05, 0.1) is 6.61 Å². The van der Waals surface area contributed by atoms with Gasteiger partial charge in [-0.3, -0.25) is 0 Å². The Hall–Kier alpha value is -1.29. The van der Waals surface area contributed by atoms with Gasteiger partial charge in [0.1, 0.15) is 0 Å². The third kappa shape index (κ3) is 3.60. The summed E-state index contributed by atoms with van der Waals surface area (Å²) in [6.07, 6.45) is 4.28. The fourth-order valence-corrected chi connectivity index (χ4v) is 2.15. The van der Waals surface area contributed by atoms with Crippen molar-refractivity contribution in [2.45, 2.75) is 19.8 Å². The number of rotatable bonds is 6. The minimum absolute atomic E-state index is 0.674. The molecule has 17 heavy (non-hydrogen) atoms. The molecule has 0 aliphatic carbocycles. The van der Waals surface area contributed by atoms with Gasteiger partial charge in [-0.2, -0.15) is 0 Å². The van der Waals surface area contributed by atoms with Gasteiger partial charge < -0.3 is 15.4 Å². The molecule has 2 N–H and O–H groups in total. The Morgan fingerprint density at radius 2 is 2.53 bits per heavy atom. The van der Waals surface area contributed by atoms with Crippen LogP contribution in [-0.4, -0.2) is 31.2 Å². The van der Waals surface area contributed by atoms with E-state index in [-0.39, 0.29) is 0 Å². The van der Waals surface area contributed by atoms with Crippen LogP contribution in [0.2, 0.25) is 0 Å². The number of nitrogens with zero attached hydrogens (tertiary/aromatic N) is 1.